The number of hydrogen-bond donors (Lipinski definition) is 3. The van der Waals surface area contributed by atoms with Gasteiger partial charge in [0.1, 0.15) is 0 Å². The van der Waals surface area contributed by atoms with Gasteiger partial charge in [-0.1, -0.05) is 6.07 Å². The van der Waals surface area contributed by atoms with Crippen molar-refractivity contribution in [2.24, 2.45) is 0 Å². The minimum atomic E-state index is -0.968. The number of carbonyl (C=O) groups is 1. The van der Waals surface area contributed by atoms with Crippen LogP contribution < -0.4 is 0 Å². The van der Waals surface area contributed by atoms with Crippen molar-refractivity contribution in [2.45, 2.75) is 12.8 Å². The van der Waals surface area contributed by atoms with Crippen LogP contribution in [0.15, 0.2) is 18.2 Å². The Balaban J connectivity index is 0.00000169. The molecule has 0 spiro atoms. The van der Waals surface area contributed by atoms with Gasteiger partial charge in [0, 0.05) is 29.6 Å². The monoisotopic (exact) mass is 205 g/mol. The maximum atomic E-state index is 10.6. The van der Waals surface area contributed by atoms with E-state index in [2.05, 4.69) is 0 Å². The van der Waals surface area contributed by atoms with Gasteiger partial charge in [0.05, 0.1) is 5.92 Å². The van der Waals surface area contributed by atoms with Crippen LogP contribution in [0.2, 0.25) is 0 Å². The zero-order chi connectivity index (χ0) is 10.0. The Morgan fingerprint density at radius 3 is 2.29 bits per heavy atom. The summed E-state index contributed by atoms with van der Waals surface area (Å²) in [6.45, 7) is 1.51. The van der Waals surface area contributed by atoms with Gasteiger partial charge < -0.3 is 15.3 Å². The third-order valence-electron chi connectivity index (χ3n) is 1.87. The number of hydrogen-bond acceptors (Lipinski definition) is 3. The minimum absolute atomic E-state index is 0. The Morgan fingerprint density at radius 1 is 1.29 bits per heavy atom. The molecule has 71 valence electrons. The average molecular weight is 205 g/mol. The first-order valence-corrected chi connectivity index (χ1v) is 3.77. The summed E-state index contributed by atoms with van der Waals surface area (Å²) < 4.78 is 0. The number of phenols is 2. The van der Waals surface area contributed by atoms with E-state index in [4.69, 9.17) is 15.3 Å². The van der Waals surface area contributed by atoms with E-state index in [9.17, 15) is 4.79 Å². The predicted octanol–water partition coefficient (Wildman–Crippen LogP) is 0.905. The summed E-state index contributed by atoms with van der Waals surface area (Å²) in [5.41, 5.74) is 0.461. The molecule has 0 saturated heterocycles. The normalized spacial score (nSPS) is 11.5. The van der Waals surface area contributed by atoms with E-state index in [1.807, 2.05) is 0 Å². The van der Waals surface area contributed by atoms with Gasteiger partial charge in [-0.2, -0.15) is 0 Å². The smallest absolute Gasteiger partial charge is 0.310 e. The van der Waals surface area contributed by atoms with Crippen LogP contribution in [0.4, 0.5) is 0 Å². The second-order valence-corrected chi connectivity index (χ2v) is 2.81. The van der Waals surface area contributed by atoms with Gasteiger partial charge in [0.15, 0.2) is 11.5 Å². The summed E-state index contributed by atoms with van der Waals surface area (Å²) in [6.07, 6.45) is 0. The van der Waals surface area contributed by atoms with Crippen molar-refractivity contribution in [3.05, 3.63) is 23.8 Å². The maximum absolute atomic E-state index is 10.6. The molecule has 0 aliphatic heterocycles. The van der Waals surface area contributed by atoms with E-state index in [0.717, 1.165) is 0 Å². The molecule has 3 N–H and O–H groups in total. The number of aliphatic carboxylic acids is 1. The molecule has 0 saturated carbocycles. The van der Waals surface area contributed by atoms with E-state index in [1.165, 1.54) is 25.1 Å². The van der Waals surface area contributed by atoms with Crippen molar-refractivity contribution in [1.82, 2.24) is 0 Å². The molecule has 0 bridgehead atoms. The molecule has 1 rings (SSSR count). The van der Waals surface area contributed by atoms with Crippen molar-refractivity contribution < 1.29 is 20.1 Å². The molecular formula is C9H10NaO4. The topological polar surface area (TPSA) is 77.8 Å². The second kappa shape index (κ2) is 5.24. The quantitative estimate of drug-likeness (QED) is 0.495. The maximum Gasteiger partial charge on any atom is 0.310 e. The van der Waals surface area contributed by atoms with Gasteiger partial charge in [-0.15, -0.1) is 0 Å². The molecule has 0 heterocycles. The number of rotatable bonds is 2. The molecule has 1 atom stereocenters. The zero-order valence-electron chi connectivity index (χ0n) is 8.06. The SMILES string of the molecule is CC(C(=O)O)c1ccc(O)c(O)c1.[Na]. The molecule has 1 aromatic carbocycles. The molecule has 0 aliphatic carbocycles. The third kappa shape index (κ3) is 2.90. The molecule has 0 aromatic heterocycles. The molecule has 1 aromatic rings. The van der Waals surface area contributed by atoms with E-state index in [-0.39, 0.29) is 41.1 Å². The Kier molecular flexibility index (Phi) is 4.97. The zero-order valence-corrected chi connectivity index (χ0v) is 10.1. The number of aromatic hydroxyl groups is 2. The second-order valence-electron chi connectivity index (χ2n) is 2.81. The van der Waals surface area contributed by atoms with Gasteiger partial charge in [-0.25, -0.2) is 0 Å². The molecule has 1 unspecified atom stereocenters. The summed E-state index contributed by atoms with van der Waals surface area (Å²) in [5, 5.41) is 26.7. The largest absolute Gasteiger partial charge is 0.504 e. The van der Waals surface area contributed by atoms with Crippen LogP contribution in [-0.2, 0) is 4.79 Å². The molecule has 14 heavy (non-hydrogen) atoms. The van der Waals surface area contributed by atoms with Crippen LogP contribution in [0.3, 0.4) is 0 Å². The Hall–Kier alpha value is -0.710. The number of benzene rings is 1. The van der Waals surface area contributed by atoms with Gasteiger partial charge in [-0.05, 0) is 24.6 Å². The van der Waals surface area contributed by atoms with Crippen LogP contribution in [0, 0.1) is 0 Å². The molecule has 0 fully saturated rings. The first-order chi connectivity index (χ1) is 6.02. The Bertz CT molecular complexity index is 338. The summed E-state index contributed by atoms with van der Waals surface area (Å²) >= 11 is 0. The third-order valence-corrected chi connectivity index (χ3v) is 1.87. The Labute approximate surface area is 103 Å². The minimum Gasteiger partial charge on any atom is -0.504 e. The van der Waals surface area contributed by atoms with Crippen molar-refractivity contribution >= 4 is 35.5 Å². The van der Waals surface area contributed by atoms with Crippen LogP contribution in [-0.4, -0.2) is 50.8 Å². The van der Waals surface area contributed by atoms with Gasteiger partial charge in [-0.3, -0.25) is 4.79 Å². The predicted molar refractivity (Wildman–Crippen MR) is 51.6 cm³/mol. The van der Waals surface area contributed by atoms with E-state index in [0.29, 0.717) is 5.56 Å². The van der Waals surface area contributed by atoms with E-state index in [1.54, 1.807) is 0 Å². The summed E-state index contributed by atoms with van der Waals surface area (Å²) in [6, 6.07) is 3.98. The standard InChI is InChI=1S/C9H10O4.Na/c1-5(9(12)13)6-2-3-7(10)8(11)4-6;/h2-5,10-11H,1H3,(H,12,13);. The van der Waals surface area contributed by atoms with Crippen molar-refractivity contribution in [1.29, 1.82) is 0 Å². The number of carboxylic acid groups (broad SMARTS) is 1. The summed E-state index contributed by atoms with van der Waals surface area (Å²) in [4.78, 5) is 10.6. The summed E-state index contributed by atoms with van der Waals surface area (Å²) in [5.74, 6) is -2.21. The van der Waals surface area contributed by atoms with Crippen LogP contribution in [0.25, 0.3) is 0 Å². The summed E-state index contributed by atoms with van der Waals surface area (Å²) in [7, 11) is 0. The van der Waals surface area contributed by atoms with Gasteiger partial charge in [0.25, 0.3) is 0 Å². The van der Waals surface area contributed by atoms with Crippen LogP contribution in [0.1, 0.15) is 18.4 Å². The fourth-order valence-electron chi connectivity index (χ4n) is 0.952. The first kappa shape index (κ1) is 13.3. The van der Waals surface area contributed by atoms with Crippen molar-refractivity contribution in [2.75, 3.05) is 0 Å². The molecule has 5 heteroatoms. The van der Waals surface area contributed by atoms with E-state index < -0.39 is 11.9 Å². The van der Waals surface area contributed by atoms with Crippen LogP contribution in [0.5, 0.6) is 11.5 Å². The van der Waals surface area contributed by atoms with Crippen molar-refractivity contribution in [3.8, 4) is 11.5 Å². The molecule has 0 amide bonds. The fraction of sp³-hybridized carbons (Fsp3) is 0.222. The fourth-order valence-corrected chi connectivity index (χ4v) is 0.952. The number of carboxylic acids is 1. The van der Waals surface area contributed by atoms with Gasteiger partial charge >= 0.3 is 5.97 Å². The van der Waals surface area contributed by atoms with Crippen LogP contribution >= 0.6 is 0 Å². The molecule has 4 nitrogen and oxygen atoms in total. The van der Waals surface area contributed by atoms with Gasteiger partial charge in [0.2, 0.25) is 0 Å². The number of phenolic OH excluding ortho intramolecular Hbond substituents is 2. The van der Waals surface area contributed by atoms with E-state index >= 15 is 0 Å². The average Bonchev–Trinajstić information content (AvgIpc) is 2.08. The van der Waals surface area contributed by atoms with Crippen molar-refractivity contribution in [3.63, 3.8) is 0 Å². The molecule has 1 radical (unpaired) electrons. The molecular weight excluding hydrogens is 195 g/mol. The molecule has 0 aliphatic rings. The Morgan fingerprint density at radius 2 is 1.86 bits per heavy atom. The first-order valence-electron chi connectivity index (χ1n) is 3.77.